The van der Waals surface area contributed by atoms with Crippen molar-refractivity contribution >= 4 is 0 Å². The molecule has 62 valence electrons. The summed E-state index contributed by atoms with van der Waals surface area (Å²) in [6.45, 7) is 4.53. The molecule has 0 aromatic heterocycles. The summed E-state index contributed by atoms with van der Waals surface area (Å²) in [7, 11) is 0. The van der Waals surface area contributed by atoms with Gasteiger partial charge in [0.15, 0.2) is 0 Å². The summed E-state index contributed by atoms with van der Waals surface area (Å²) in [5.41, 5.74) is 1.47. The fourth-order valence-corrected chi connectivity index (χ4v) is 2.03. The predicted molar refractivity (Wildman–Crippen MR) is 46.1 cm³/mol. The molecule has 1 saturated heterocycles. The fraction of sp³-hybridized carbons (Fsp3) is 0.778. The Balaban J connectivity index is 2.11. The Labute approximate surface area is 68.3 Å². The second kappa shape index (κ2) is 2.86. The lowest BCUT2D eigenvalue weighted by Gasteiger charge is -2.41. The molecule has 1 unspecified atom stereocenters. The lowest BCUT2D eigenvalue weighted by atomic mass is 10.1. The normalized spacial score (nSPS) is 31.2. The highest BCUT2D eigenvalue weighted by molar-refractivity contribution is 5.05. The molecule has 2 aliphatic rings. The van der Waals surface area contributed by atoms with Gasteiger partial charge in [-0.2, -0.15) is 0 Å². The number of hydrogen-bond donors (Lipinski definition) is 1. The molecule has 2 heteroatoms. The van der Waals surface area contributed by atoms with Gasteiger partial charge in [-0.15, -0.1) is 0 Å². The third-order valence-corrected chi connectivity index (χ3v) is 2.71. The van der Waals surface area contributed by atoms with E-state index in [4.69, 9.17) is 0 Å². The van der Waals surface area contributed by atoms with E-state index in [2.05, 4.69) is 23.2 Å². The van der Waals surface area contributed by atoms with Gasteiger partial charge in [-0.25, -0.2) is 0 Å². The predicted octanol–water partition coefficient (Wildman–Crippen LogP) is 1.31. The Morgan fingerprint density at radius 2 is 2.45 bits per heavy atom. The van der Waals surface area contributed by atoms with Gasteiger partial charge in [-0.05, 0) is 26.2 Å². The maximum absolute atomic E-state index is 3.50. The number of nitrogens with zero attached hydrogens (tertiary/aromatic N) is 1. The number of nitrogens with one attached hydrogen (secondary N) is 1. The minimum absolute atomic E-state index is 0.647. The van der Waals surface area contributed by atoms with Crippen LogP contribution in [0.1, 0.15) is 26.2 Å². The van der Waals surface area contributed by atoms with Crippen LogP contribution in [0.25, 0.3) is 0 Å². The molecule has 2 aliphatic heterocycles. The van der Waals surface area contributed by atoms with Gasteiger partial charge in [0.25, 0.3) is 0 Å². The van der Waals surface area contributed by atoms with Crippen molar-refractivity contribution in [1.82, 2.24) is 10.2 Å². The lowest BCUT2D eigenvalue weighted by Crippen LogP contribution is -2.50. The highest BCUT2D eigenvalue weighted by Crippen LogP contribution is 2.21. The van der Waals surface area contributed by atoms with Crippen LogP contribution in [-0.4, -0.2) is 24.2 Å². The standard InChI is InChI=1S/C9H16N2/c1-8-5-6-10-9-4-2-3-7-11(8)9/h5,9-10H,2-4,6-7H2,1H3. The van der Waals surface area contributed by atoms with Crippen molar-refractivity contribution in [1.29, 1.82) is 0 Å². The summed E-state index contributed by atoms with van der Waals surface area (Å²) < 4.78 is 0. The van der Waals surface area contributed by atoms with Crippen LogP contribution >= 0.6 is 0 Å². The molecule has 0 saturated carbocycles. The topological polar surface area (TPSA) is 15.3 Å². The molecule has 0 radical (unpaired) electrons. The van der Waals surface area contributed by atoms with Crippen LogP contribution in [0.2, 0.25) is 0 Å². The SMILES string of the molecule is CC1=CCNC2CCCCN12. The summed E-state index contributed by atoms with van der Waals surface area (Å²) in [5.74, 6) is 0. The molecule has 2 heterocycles. The second-order valence-corrected chi connectivity index (χ2v) is 3.46. The van der Waals surface area contributed by atoms with E-state index in [1.807, 2.05) is 0 Å². The average Bonchev–Trinajstić information content (AvgIpc) is 2.06. The van der Waals surface area contributed by atoms with Crippen molar-refractivity contribution in [2.24, 2.45) is 0 Å². The van der Waals surface area contributed by atoms with Crippen molar-refractivity contribution in [3.8, 4) is 0 Å². The molecule has 2 nitrogen and oxygen atoms in total. The van der Waals surface area contributed by atoms with Crippen molar-refractivity contribution in [2.75, 3.05) is 13.1 Å². The molecule has 0 aliphatic carbocycles. The van der Waals surface area contributed by atoms with E-state index >= 15 is 0 Å². The van der Waals surface area contributed by atoms with Gasteiger partial charge >= 0.3 is 0 Å². The van der Waals surface area contributed by atoms with Crippen LogP contribution in [0, 0.1) is 0 Å². The van der Waals surface area contributed by atoms with Gasteiger partial charge in [0.2, 0.25) is 0 Å². The molecular formula is C9H16N2. The van der Waals surface area contributed by atoms with Gasteiger partial charge < -0.3 is 4.90 Å². The molecule has 0 aromatic carbocycles. The van der Waals surface area contributed by atoms with Gasteiger partial charge in [0.05, 0.1) is 6.17 Å². The first-order valence-electron chi connectivity index (χ1n) is 4.55. The molecule has 0 spiro atoms. The van der Waals surface area contributed by atoms with Crippen molar-refractivity contribution in [2.45, 2.75) is 32.4 Å². The van der Waals surface area contributed by atoms with Crippen LogP contribution in [0.4, 0.5) is 0 Å². The number of fused-ring (bicyclic) bond motifs is 1. The fourth-order valence-electron chi connectivity index (χ4n) is 2.03. The first-order chi connectivity index (χ1) is 5.38. The van der Waals surface area contributed by atoms with Gasteiger partial charge in [0.1, 0.15) is 0 Å². The Morgan fingerprint density at radius 1 is 1.55 bits per heavy atom. The van der Waals surface area contributed by atoms with E-state index < -0.39 is 0 Å². The maximum atomic E-state index is 3.50. The van der Waals surface area contributed by atoms with E-state index in [-0.39, 0.29) is 0 Å². The molecule has 0 amide bonds. The third-order valence-electron chi connectivity index (χ3n) is 2.71. The average molecular weight is 152 g/mol. The van der Waals surface area contributed by atoms with Crippen LogP contribution in [-0.2, 0) is 0 Å². The van der Waals surface area contributed by atoms with E-state index in [0.717, 1.165) is 6.54 Å². The minimum Gasteiger partial charge on any atom is -0.360 e. The van der Waals surface area contributed by atoms with E-state index in [0.29, 0.717) is 6.17 Å². The quantitative estimate of drug-likeness (QED) is 0.563. The van der Waals surface area contributed by atoms with Crippen LogP contribution in [0.3, 0.4) is 0 Å². The second-order valence-electron chi connectivity index (χ2n) is 3.46. The monoisotopic (exact) mass is 152 g/mol. The summed E-state index contributed by atoms with van der Waals surface area (Å²) in [6, 6.07) is 0. The molecule has 1 N–H and O–H groups in total. The summed E-state index contributed by atoms with van der Waals surface area (Å²) in [6.07, 6.45) is 7.01. The van der Waals surface area contributed by atoms with E-state index in [1.165, 1.54) is 31.5 Å². The molecule has 0 aromatic rings. The van der Waals surface area contributed by atoms with E-state index in [1.54, 1.807) is 0 Å². The van der Waals surface area contributed by atoms with E-state index in [9.17, 15) is 0 Å². The molecule has 2 rings (SSSR count). The Hall–Kier alpha value is -0.500. The largest absolute Gasteiger partial charge is 0.360 e. The van der Waals surface area contributed by atoms with Crippen LogP contribution < -0.4 is 5.32 Å². The van der Waals surface area contributed by atoms with Crippen molar-refractivity contribution < 1.29 is 0 Å². The molecule has 11 heavy (non-hydrogen) atoms. The number of rotatable bonds is 0. The lowest BCUT2D eigenvalue weighted by molar-refractivity contribution is 0.154. The van der Waals surface area contributed by atoms with Crippen molar-refractivity contribution in [3.63, 3.8) is 0 Å². The highest BCUT2D eigenvalue weighted by atomic mass is 15.3. The zero-order valence-electron chi connectivity index (χ0n) is 7.14. The molecule has 1 atom stereocenters. The minimum atomic E-state index is 0.647. The third kappa shape index (κ3) is 1.27. The Bertz CT molecular complexity index is 174. The Kier molecular flexibility index (Phi) is 1.86. The summed E-state index contributed by atoms with van der Waals surface area (Å²) >= 11 is 0. The van der Waals surface area contributed by atoms with Crippen LogP contribution in [0.5, 0.6) is 0 Å². The summed E-state index contributed by atoms with van der Waals surface area (Å²) in [5, 5.41) is 3.50. The maximum Gasteiger partial charge on any atom is 0.0795 e. The number of hydrogen-bond acceptors (Lipinski definition) is 2. The van der Waals surface area contributed by atoms with Gasteiger partial charge in [-0.3, -0.25) is 5.32 Å². The van der Waals surface area contributed by atoms with Gasteiger partial charge in [-0.1, -0.05) is 6.08 Å². The van der Waals surface area contributed by atoms with Gasteiger partial charge in [0, 0.05) is 18.8 Å². The zero-order chi connectivity index (χ0) is 7.68. The molecule has 0 bridgehead atoms. The molecule has 1 fully saturated rings. The van der Waals surface area contributed by atoms with Crippen molar-refractivity contribution in [3.05, 3.63) is 11.8 Å². The smallest absolute Gasteiger partial charge is 0.0795 e. The van der Waals surface area contributed by atoms with Crippen LogP contribution in [0.15, 0.2) is 11.8 Å². The zero-order valence-corrected chi connectivity index (χ0v) is 7.14. The first kappa shape index (κ1) is 7.17. The molecular weight excluding hydrogens is 136 g/mol. The highest BCUT2D eigenvalue weighted by Gasteiger charge is 2.23. The number of allylic oxidation sites excluding steroid dienone is 1. The first-order valence-corrected chi connectivity index (χ1v) is 4.55. The summed E-state index contributed by atoms with van der Waals surface area (Å²) in [4.78, 5) is 2.49. The number of piperidine rings is 1. The Morgan fingerprint density at radius 3 is 3.27 bits per heavy atom.